The van der Waals surface area contributed by atoms with Gasteiger partial charge in [0.2, 0.25) is 0 Å². The summed E-state index contributed by atoms with van der Waals surface area (Å²) >= 11 is 0. The van der Waals surface area contributed by atoms with Gasteiger partial charge in [-0.05, 0) is 44.4 Å². The number of hydrogen-bond acceptors (Lipinski definition) is 2. The summed E-state index contributed by atoms with van der Waals surface area (Å²) in [6.07, 6.45) is 2.69. The monoisotopic (exact) mass is 293 g/mol. The number of Topliss-reactive ketones (excluding diaryl/α,β-unsaturated/α-hetero) is 1. The highest BCUT2D eigenvalue weighted by Crippen LogP contribution is 2.40. The zero-order chi connectivity index (χ0) is 15.6. The molecule has 3 rings (SSSR count). The first-order valence-electron chi connectivity index (χ1n) is 8.03. The third-order valence-corrected chi connectivity index (χ3v) is 4.83. The van der Waals surface area contributed by atoms with Crippen LogP contribution in [-0.2, 0) is 4.79 Å². The van der Waals surface area contributed by atoms with Crippen molar-refractivity contribution in [2.45, 2.75) is 44.6 Å². The first-order valence-corrected chi connectivity index (χ1v) is 8.03. The average molecular weight is 293 g/mol. The minimum atomic E-state index is -0.533. The molecular weight excluding hydrogens is 270 g/mol. The average Bonchev–Trinajstić information content (AvgIpc) is 2.52. The van der Waals surface area contributed by atoms with Gasteiger partial charge >= 0.3 is 0 Å². The molecule has 1 aliphatic rings. The molecule has 22 heavy (non-hydrogen) atoms. The summed E-state index contributed by atoms with van der Waals surface area (Å²) in [7, 11) is 0. The van der Waals surface area contributed by atoms with E-state index in [0.717, 1.165) is 18.5 Å². The Morgan fingerprint density at radius 1 is 1.05 bits per heavy atom. The minimum absolute atomic E-state index is 0.217. The molecule has 1 fully saturated rings. The summed E-state index contributed by atoms with van der Waals surface area (Å²) in [5.74, 6) is 0.530. The number of nitrogens with one attached hydrogen (secondary N) is 1. The predicted octanol–water partition coefficient (Wildman–Crippen LogP) is 4.70. The SMILES string of the molecule is Cc1ccc(C2CCCC(=O)C2(C)Nc2ccccc2)cc1. The molecule has 0 aromatic heterocycles. The molecule has 0 saturated heterocycles. The highest BCUT2D eigenvalue weighted by Gasteiger charge is 2.43. The summed E-state index contributed by atoms with van der Waals surface area (Å²) in [6, 6.07) is 18.7. The smallest absolute Gasteiger partial charge is 0.158 e. The quantitative estimate of drug-likeness (QED) is 0.888. The van der Waals surface area contributed by atoms with Gasteiger partial charge in [0.1, 0.15) is 5.54 Å². The lowest BCUT2D eigenvalue weighted by atomic mass is 9.69. The van der Waals surface area contributed by atoms with Gasteiger partial charge in [-0.1, -0.05) is 48.0 Å². The van der Waals surface area contributed by atoms with Crippen molar-refractivity contribution in [2.75, 3.05) is 5.32 Å². The van der Waals surface area contributed by atoms with Crippen molar-refractivity contribution < 1.29 is 4.79 Å². The largest absolute Gasteiger partial charge is 0.373 e. The second-order valence-corrected chi connectivity index (χ2v) is 6.47. The normalized spacial score (nSPS) is 25.0. The molecule has 2 unspecified atom stereocenters. The van der Waals surface area contributed by atoms with Crippen LogP contribution in [0.1, 0.15) is 43.2 Å². The molecule has 1 aliphatic carbocycles. The van der Waals surface area contributed by atoms with Gasteiger partial charge in [0.05, 0.1) is 0 Å². The zero-order valence-corrected chi connectivity index (χ0v) is 13.3. The standard InChI is InChI=1S/C20H23NO/c1-15-11-13-16(14-12-15)18-9-6-10-19(22)20(18,2)21-17-7-4-3-5-8-17/h3-5,7-8,11-14,18,21H,6,9-10H2,1-2H3. The molecule has 0 amide bonds. The number of aryl methyl sites for hydroxylation is 1. The van der Waals surface area contributed by atoms with Gasteiger partial charge in [-0.2, -0.15) is 0 Å². The number of para-hydroxylation sites is 1. The number of rotatable bonds is 3. The predicted molar refractivity (Wildman–Crippen MR) is 91.2 cm³/mol. The fourth-order valence-corrected chi connectivity index (χ4v) is 3.49. The van der Waals surface area contributed by atoms with Crippen LogP contribution >= 0.6 is 0 Å². The molecule has 0 spiro atoms. The number of benzene rings is 2. The van der Waals surface area contributed by atoms with Crippen LogP contribution in [0.4, 0.5) is 5.69 Å². The van der Waals surface area contributed by atoms with Crippen molar-refractivity contribution in [3.63, 3.8) is 0 Å². The third-order valence-electron chi connectivity index (χ3n) is 4.83. The van der Waals surface area contributed by atoms with Crippen molar-refractivity contribution >= 4 is 11.5 Å². The molecule has 0 bridgehead atoms. The van der Waals surface area contributed by atoms with E-state index >= 15 is 0 Å². The van der Waals surface area contributed by atoms with Gasteiger partial charge in [0.25, 0.3) is 0 Å². The van der Waals surface area contributed by atoms with Crippen LogP contribution < -0.4 is 5.32 Å². The van der Waals surface area contributed by atoms with E-state index in [9.17, 15) is 4.79 Å². The number of anilines is 1. The maximum absolute atomic E-state index is 12.7. The van der Waals surface area contributed by atoms with Gasteiger partial charge in [-0.25, -0.2) is 0 Å². The summed E-state index contributed by atoms with van der Waals surface area (Å²) in [5.41, 5.74) is 2.99. The van der Waals surface area contributed by atoms with E-state index < -0.39 is 5.54 Å². The highest BCUT2D eigenvalue weighted by molar-refractivity contribution is 5.93. The van der Waals surface area contributed by atoms with E-state index in [2.05, 4.69) is 43.4 Å². The Balaban J connectivity index is 1.95. The Morgan fingerprint density at radius 3 is 2.41 bits per heavy atom. The molecular formula is C20H23NO. The molecule has 2 nitrogen and oxygen atoms in total. The number of ketones is 1. The minimum Gasteiger partial charge on any atom is -0.373 e. The second kappa shape index (κ2) is 5.96. The van der Waals surface area contributed by atoms with Crippen LogP contribution in [0, 0.1) is 6.92 Å². The van der Waals surface area contributed by atoms with Crippen LogP contribution in [0.2, 0.25) is 0 Å². The molecule has 114 valence electrons. The second-order valence-electron chi connectivity index (χ2n) is 6.47. The lowest BCUT2D eigenvalue weighted by Crippen LogP contribution is -2.51. The Morgan fingerprint density at radius 2 is 1.73 bits per heavy atom. The number of hydrogen-bond donors (Lipinski definition) is 1. The van der Waals surface area contributed by atoms with Gasteiger partial charge in [0, 0.05) is 18.0 Å². The Kier molecular flexibility index (Phi) is 4.02. The fraction of sp³-hybridized carbons (Fsp3) is 0.350. The van der Waals surface area contributed by atoms with Crippen molar-refractivity contribution in [3.05, 3.63) is 65.7 Å². The molecule has 1 N–H and O–H groups in total. The van der Waals surface area contributed by atoms with Gasteiger partial charge in [-0.3, -0.25) is 4.79 Å². The molecule has 2 atom stereocenters. The lowest BCUT2D eigenvalue weighted by Gasteiger charge is -2.41. The fourth-order valence-electron chi connectivity index (χ4n) is 3.49. The number of carbonyl (C=O) groups excluding carboxylic acids is 1. The highest BCUT2D eigenvalue weighted by atomic mass is 16.1. The maximum atomic E-state index is 12.7. The molecule has 0 heterocycles. The van der Waals surface area contributed by atoms with E-state index in [1.54, 1.807) is 0 Å². The molecule has 1 saturated carbocycles. The zero-order valence-electron chi connectivity index (χ0n) is 13.3. The Labute approximate surface area is 132 Å². The van der Waals surface area contributed by atoms with Crippen LogP contribution in [0.15, 0.2) is 54.6 Å². The topological polar surface area (TPSA) is 29.1 Å². The van der Waals surface area contributed by atoms with E-state index in [1.807, 2.05) is 30.3 Å². The molecule has 0 radical (unpaired) electrons. The molecule has 2 aromatic carbocycles. The van der Waals surface area contributed by atoms with Crippen LogP contribution in [0.5, 0.6) is 0 Å². The first-order chi connectivity index (χ1) is 10.6. The van der Waals surface area contributed by atoms with Gasteiger partial charge < -0.3 is 5.32 Å². The van der Waals surface area contributed by atoms with E-state index in [4.69, 9.17) is 0 Å². The lowest BCUT2D eigenvalue weighted by molar-refractivity contribution is -0.125. The van der Waals surface area contributed by atoms with Crippen molar-refractivity contribution in [3.8, 4) is 0 Å². The Bertz CT molecular complexity index is 647. The first kappa shape index (κ1) is 14.8. The van der Waals surface area contributed by atoms with Gasteiger partial charge in [0.15, 0.2) is 5.78 Å². The summed E-state index contributed by atoms with van der Waals surface area (Å²) in [5, 5.41) is 3.52. The maximum Gasteiger partial charge on any atom is 0.158 e. The van der Waals surface area contributed by atoms with E-state index in [0.29, 0.717) is 12.2 Å². The van der Waals surface area contributed by atoms with Crippen LogP contribution in [0.3, 0.4) is 0 Å². The van der Waals surface area contributed by atoms with E-state index in [-0.39, 0.29) is 5.92 Å². The summed E-state index contributed by atoms with van der Waals surface area (Å²) < 4.78 is 0. The van der Waals surface area contributed by atoms with E-state index in [1.165, 1.54) is 11.1 Å². The Hall–Kier alpha value is -2.09. The molecule has 0 aliphatic heterocycles. The molecule has 2 aromatic rings. The van der Waals surface area contributed by atoms with Crippen LogP contribution in [0.25, 0.3) is 0 Å². The van der Waals surface area contributed by atoms with Crippen LogP contribution in [-0.4, -0.2) is 11.3 Å². The third kappa shape index (κ3) is 2.78. The molecule has 2 heteroatoms. The number of carbonyl (C=O) groups is 1. The van der Waals surface area contributed by atoms with Crippen molar-refractivity contribution in [1.29, 1.82) is 0 Å². The van der Waals surface area contributed by atoms with Crippen molar-refractivity contribution in [2.24, 2.45) is 0 Å². The summed E-state index contributed by atoms with van der Waals surface area (Å²) in [6.45, 7) is 4.16. The van der Waals surface area contributed by atoms with Crippen molar-refractivity contribution in [1.82, 2.24) is 0 Å². The van der Waals surface area contributed by atoms with Gasteiger partial charge in [-0.15, -0.1) is 0 Å². The summed E-state index contributed by atoms with van der Waals surface area (Å²) in [4.78, 5) is 12.7.